The first kappa shape index (κ1) is 17.5. The first-order valence-corrected chi connectivity index (χ1v) is 9.55. The fourth-order valence-electron chi connectivity index (χ4n) is 2.34. The van der Waals surface area contributed by atoms with Crippen molar-refractivity contribution in [3.8, 4) is 11.1 Å². The Bertz CT molecular complexity index is 1000. The summed E-state index contributed by atoms with van der Waals surface area (Å²) >= 11 is 1.06. The quantitative estimate of drug-likeness (QED) is 0.417. The number of rotatable bonds is 5. The summed E-state index contributed by atoms with van der Waals surface area (Å²) in [4.78, 5) is 4.32. The number of hydrogen-bond acceptors (Lipinski definition) is 6. The molecule has 0 aliphatic carbocycles. The molecule has 1 N–H and O–H groups in total. The molecule has 25 heavy (non-hydrogen) atoms. The van der Waals surface area contributed by atoms with Gasteiger partial charge >= 0.3 is 0 Å². The second-order valence-electron chi connectivity index (χ2n) is 5.18. The normalized spacial score (nSPS) is 11.6. The average molecular weight is 379 g/mol. The van der Waals surface area contributed by atoms with E-state index in [1.807, 2.05) is 0 Å². The van der Waals surface area contributed by atoms with E-state index in [1.54, 1.807) is 19.2 Å². The lowest BCUT2D eigenvalue weighted by Gasteiger charge is -2.06. The average Bonchev–Trinajstić information content (AvgIpc) is 3.00. The van der Waals surface area contributed by atoms with Crippen LogP contribution < -0.4 is 10.0 Å². The summed E-state index contributed by atoms with van der Waals surface area (Å²) in [6, 6.07) is 7.13. The highest BCUT2D eigenvalue weighted by molar-refractivity contribution is 7.93. The van der Waals surface area contributed by atoms with E-state index in [4.69, 9.17) is 0 Å². The number of nitrogens with one attached hydrogen (secondary N) is 1. The molecule has 3 heterocycles. The molecular formula is C16H14FN3O3S2. The van der Waals surface area contributed by atoms with Crippen LogP contribution in [0.1, 0.15) is 4.88 Å². The number of halogens is 1. The van der Waals surface area contributed by atoms with Crippen molar-refractivity contribution in [1.82, 2.24) is 10.3 Å². The van der Waals surface area contributed by atoms with Gasteiger partial charge in [-0.15, -0.1) is 11.3 Å². The van der Waals surface area contributed by atoms with Crippen molar-refractivity contribution < 1.29 is 17.5 Å². The highest BCUT2D eigenvalue weighted by atomic mass is 32.2. The summed E-state index contributed by atoms with van der Waals surface area (Å²) in [6.07, 6.45) is 3.52. The molecule has 0 aliphatic rings. The van der Waals surface area contributed by atoms with Crippen LogP contribution in [0.3, 0.4) is 0 Å². The Morgan fingerprint density at radius 2 is 2.00 bits per heavy atom. The molecule has 9 heteroatoms. The van der Waals surface area contributed by atoms with E-state index in [0.717, 1.165) is 28.6 Å². The van der Waals surface area contributed by atoms with Crippen molar-refractivity contribution in [3.05, 3.63) is 65.0 Å². The Balaban J connectivity index is 2.21. The monoisotopic (exact) mass is 379 g/mol. The minimum atomic E-state index is -3.90. The molecule has 6 nitrogen and oxygen atoms in total. The molecule has 0 spiro atoms. The SMILES string of the molecule is CNCc1cc(-c2cccnc2F)c(S(=O)(=O)c2cc[n+]([O-])cc2)s1. The Morgan fingerprint density at radius 1 is 1.28 bits per heavy atom. The van der Waals surface area contributed by atoms with E-state index < -0.39 is 15.8 Å². The van der Waals surface area contributed by atoms with E-state index in [9.17, 15) is 18.0 Å². The molecule has 0 aliphatic heterocycles. The summed E-state index contributed by atoms with van der Waals surface area (Å²) in [7, 11) is -2.17. The minimum absolute atomic E-state index is 0.0216. The lowest BCUT2D eigenvalue weighted by Crippen LogP contribution is -2.24. The number of aromatic nitrogens is 2. The highest BCUT2D eigenvalue weighted by Crippen LogP contribution is 2.38. The van der Waals surface area contributed by atoms with Crippen molar-refractivity contribution in [1.29, 1.82) is 0 Å². The van der Waals surface area contributed by atoms with Crippen LogP contribution in [-0.2, 0) is 16.4 Å². The molecule has 3 aromatic heterocycles. The fourth-order valence-corrected chi connectivity index (χ4v) is 5.46. The van der Waals surface area contributed by atoms with Gasteiger partial charge in [0.05, 0.1) is 4.90 Å². The maximum Gasteiger partial charge on any atom is 0.220 e. The van der Waals surface area contributed by atoms with Crippen molar-refractivity contribution in [3.63, 3.8) is 0 Å². The summed E-state index contributed by atoms with van der Waals surface area (Å²) < 4.78 is 40.7. The molecule has 0 aromatic carbocycles. The van der Waals surface area contributed by atoms with Crippen LogP contribution in [0.15, 0.2) is 58.0 Å². The van der Waals surface area contributed by atoms with Crippen LogP contribution in [0.25, 0.3) is 11.1 Å². The van der Waals surface area contributed by atoms with Crippen molar-refractivity contribution in [2.75, 3.05) is 7.05 Å². The smallest absolute Gasteiger partial charge is 0.220 e. The van der Waals surface area contributed by atoms with Gasteiger partial charge in [0.1, 0.15) is 4.21 Å². The van der Waals surface area contributed by atoms with Crippen LogP contribution in [0.4, 0.5) is 4.39 Å². The van der Waals surface area contributed by atoms with Crippen LogP contribution in [0.5, 0.6) is 0 Å². The number of nitrogens with zero attached hydrogens (tertiary/aromatic N) is 2. The third-order valence-corrected chi connectivity index (χ3v) is 6.91. The van der Waals surface area contributed by atoms with Crippen molar-refractivity contribution >= 4 is 21.2 Å². The maximum atomic E-state index is 14.1. The Kier molecular flexibility index (Phi) is 4.80. The van der Waals surface area contributed by atoms with Gasteiger partial charge in [-0.25, -0.2) is 13.4 Å². The first-order valence-electron chi connectivity index (χ1n) is 7.25. The van der Waals surface area contributed by atoms with Crippen LogP contribution in [0, 0.1) is 11.2 Å². The first-order chi connectivity index (χ1) is 11.9. The predicted molar refractivity (Wildman–Crippen MR) is 91.1 cm³/mol. The van der Waals surface area contributed by atoms with E-state index in [2.05, 4.69) is 10.3 Å². The second kappa shape index (κ2) is 6.87. The van der Waals surface area contributed by atoms with E-state index in [-0.39, 0.29) is 20.2 Å². The molecule has 3 aromatic rings. The zero-order valence-electron chi connectivity index (χ0n) is 13.1. The topological polar surface area (TPSA) is 86.0 Å². The molecule has 130 valence electrons. The van der Waals surface area contributed by atoms with E-state index in [1.165, 1.54) is 24.4 Å². The third-order valence-electron chi connectivity index (χ3n) is 3.48. The molecule has 0 amide bonds. The number of hydrogen-bond donors (Lipinski definition) is 1. The minimum Gasteiger partial charge on any atom is -0.619 e. The Labute approximate surface area is 148 Å². The van der Waals surface area contributed by atoms with Gasteiger partial charge in [0.15, 0.2) is 12.4 Å². The maximum absolute atomic E-state index is 14.1. The van der Waals surface area contributed by atoms with Crippen molar-refractivity contribution in [2.24, 2.45) is 0 Å². The standard InChI is InChI=1S/C16H14FN3O3S2/c1-18-10-11-9-14(13-3-2-6-19-15(13)17)16(24-11)25(22,23)12-4-7-20(21)8-5-12/h2-9,18H,10H2,1H3. The van der Waals surface area contributed by atoms with Crippen LogP contribution in [0.2, 0.25) is 0 Å². The lowest BCUT2D eigenvalue weighted by atomic mass is 10.1. The largest absolute Gasteiger partial charge is 0.619 e. The molecular weight excluding hydrogens is 365 g/mol. The lowest BCUT2D eigenvalue weighted by molar-refractivity contribution is -0.605. The molecule has 0 saturated heterocycles. The van der Waals surface area contributed by atoms with Gasteiger partial charge in [0, 0.05) is 40.9 Å². The molecule has 0 saturated carbocycles. The summed E-state index contributed by atoms with van der Waals surface area (Å²) in [5.41, 5.74) is 0.384. The third kappa shape index (κ3) is 3.39. The summed E-state index contributed by atoms with van der Waals surface area (Å²) in [5, 5.41) is 14.1. The van der Waals surface area contributed by atoms with Gasteiger partial charge in [0.25, 0.3) is 0 Å². The number of pyridine rings is 2. The van der Waals surface area contributed by atoms with E-state index >= 15 is 0 Å². The van der Waals surface area contributed by atoms with Crippen LogP contribution >= 0.6 is 11.3 Å². The zero-order chi connectivity index (χ0) is 18.0. The molecule has 0 atom stereocenters. The fraction of sp³-hybridized carbons (Fsp3) is 0.125. The van der Waals surface area contributed by atoms with Crippen molar-refractivity contribution in [2.45, 2.75) is 15.6 Å². The predicted octanol–water partition coefficient (Wildman–Crippen LogP) is 2.13. The number of sulfone groups is 1. The van der Waals surface area contributed by atoms with Gasteiger partial charge < -0.3 is 10.5 Å². The summed E-state index contributed by atoms with van der Waals surface area (Å²) in [6.45, 7) is 0.449. The van der Waals surface area contributed by atoms with Crippen LogP contribution in [-0.4, -0.2) is 20.4 Å². The molecule has 0 bridgehead atoms. The Hall–Kier alpha value is -2.36. The van der Waals surface area contributed by atoms with E-state index in [0.29, 0.717) is 11.3 Å². The van der Waals surface area contributed by atoms with Gasteiger partial charge in [-0.1, -0.05) is 0 Å². The van der Waals surface area contributed by atoms with Gasteiger partial charge in [0.2, 0.25) is 15.8 Å². The molecule has 0 radical (unpaired) electrons. The molecule has 3 rings (SSSR count). The number of thiophene rings is 1. The molecule has 0 fully saturated rings. The van der Waals surface area contributed by atoms with Gasteiger partial charge in [-0.3, -0.25) is 0 Å². The zero-order valence-corrected chi connectivity index (χ0v) is 14.8. The highest BCUT2D eigenvalue weighted by Gasteiger charge is 2.27. The van der Waals surface area contributed by atoms with Gasteiger partial charge in [-0.05, 0) is 25.2 Å². The van der Waals surface area contributed by atoms with Gasteiger partial charge in [-0.2, -0.15) is 9.12 Å². The summed E-state index contributed by atoms with van der Waals surface area (Å²) in [5.74, 6) is -0.738. The molecule has 0 unspecified atom stereocenters. The Morgan fingerprint density at radius 3 is 2.64 bits per heavy atom. The second-order valence-corrected chi connectivity index (χ2v) is 8.46.